The van der Waals surface area contributed by atoms with E-state index in [9.17, 15) is 9.59 Å². The number of hydrogen-bond acceptors (Lipinski definition) is 4. The van der Waals surface area contributed by atoms with Gasteiger partial charge in [0.15, 0.2) is 0 Å². The average molecular weight is 340 g/mol. The number of nitrogens with one attached hydrogen (secondary N) is 1. The maximum atomic E-state index is 12.5. The van der Waals surface area contributed by atoms with Gasteiger partial charge in [0.05, 0.1) is 25.8 Å². The van der Waals surface area contributed by atoms with Crippen LogP contribution in [0.5, 0.6) is 5.75 Å². The Kier molecular flexibility index (Phi) is 4.35. The summed E-state index contributed by atoms with van der Waals surface area (Å²) in [6, 6.07) is 10.6. The van der Waals surface area contributed by atoms with Crippen LogP contribution in [0.1, 0.15) is 18.5 Å². The van der Waals surface area contributed by atoms with E-state index >= 15 is 0 Å². The fourth-order valence-electron chi connectivity index (χ4n) is 3.18. The molecule has 6 heteroatoms. The van der Waals surface area contributed by atoms with E-state index in [1.807, 2.05) is 36.4 Å². The van der Waals surface area contributed by atoms with E-state index in [-0.39, 0.29) is 6.03 Å². The Balaban J connectivity index is 2.32. The molecule has 2 aromatic rings. The summed E-state index contributed by atoms with van der Waals surface area (Å²) in [6.45, 7) is 1.73. The van der Waals surface area contributed by atoms with Crippen LogP contribution >= 0.6 is 0 Å². The van der Waals surface area contributed by atoms with Crippen LogP contribution in [0.25, 0.3) is 10.8 Å². The van der Waals surface area contributed by atoms with E-state index < -0.39 is 12.0 Å². The van der Waals surface area contributed by atoms with Gasteiger partial charge in [0.1, 0.15) is 5.75 Å². The van der Waals surface area contributed by atoms with Crippen molar-refractivity contribution < 1.29 is 19.1 Å². The first-order valence-corrected chi connectivity index (χ1v) is 7.88. The molecule has 1 aliphatic heterocycles. The number of hydrogen-bond donors (Lipinski definition) is 1. The van der Waals surface area contributed by atoms with Crippen molar-refractivity contribution in [1.82, 2.24) is 10.2 Å². The van der Waals surface area contributed by atoms with Crippen LogP contribution < -0.4 is 10.1 Å². The topological polar surface area (TPSA) is 67.9 Å². The molecule has 0 bridgehead atoms. The second kappa shape index (κ2) is 6.47. The third-order valence-electron chi connectivity index (χ3n) is 4.60. The molecule has 25 heavy (non-hydrogen) atoms. The number of rotatable bonds is 3. The number of carbonyl (C=O) groups excluding carboxylic acids is 2. The first-order chi connectivity index (χ1) is 12.0. The van der Waals surface area contributed by atoms with Crippen molar-refractivity contribution in [2.45, 2.75) is 13.0 Å². The number of carbonyl (C=O) groups is 2. The minimum absolute atomic E-state index is 0.287. The summed E-state index contributed by atoms with van der Waals surface area (Å²) in [5.41, 5.74) is 1.68. The van der Waals surface area contributed by atoms with Crippen LogP contribution in [-0.4, -0.2) is 38.2 Å². The molecule has 0 fully saturated rings. The SMILES string of the molecule is COC(=O)C1=C(C)N(C)C(=O)N[C@H]1c1c(OC)ccc2ccccc12. The molecule has 2 amide bonds. The standard InChI is InChI=1S/C19H20N2O4/c1-11-15(18(22)25-4)17(20-19(23)21(11)2)16-13-8-6-5-7-12(13)9-10-14(16)24-3/h5-10,17H,1-4H3,(H,20,23)/t17-/m1/s1. The number of benzene rings is 2. The van der Waals surface area contributed by atoms with Gasteiger partial charge in [-0.15, -0.1) is 0 Å². The zero-order chi connectivity index (χ0) is 18.1. The molecule has 6 nitrogen and oxygen atoms in total. The van der Waals surface area contributed by atoms with Gasteiger partial charge >= 0.3 is 12.0 Å². The highest BCUT2D eigenvalue weighted by Crippen LogP contribution is 2.39. The molecule has 1 heterocycles. The molecule has 0 aliphatic carbocycles. The largest absolute Gasteiger partial charge is 0.496 e. The number of allylic oxidation sites excluding steroid dienone is 1. The first-order valence-electron chi connectivity index (χ1n) is 7.88. The fraction of sp³-hybridized carbons (Fsp3) is 0.263. The Morgan fingerprint density at radius 1 is 1.16 bits per heavy atom. The summed E-state index contributed by atoms with van der Waals surface area (Å²) in [7, 11) is 4.51. The molecule has 130 valence electrons. The number of ether oxygens (including phenoxy) is 2. The number of nitrogens with zero attached hydrogens (tertiary/aromatic N) is 1. The Morgan fingerprint density at radius 2 is 1.88 bits per heavy atom. The summed E-state index contributed by atoms with van der Waals surface area (Å²) >= 11 is 0. The normalized spacial score (nSPS) is 17.5. The van der Waals surface area contributed by atoms with Crippen molar-refractivity contribution in [3.63, 3.8) is 0 Å². The molecular formula is C19H20N2O4. The Bertz CT molecular complexity index is 888. The molecule has 0 aromatic heterocycles. The van der Waals surface area contributed by atoms with Crippen molar-refractivity contribution in [3.05, 3.63) is 53.2 Å². The number of fused-ring (bicyclic) bond motifs is 1. The lowest BCUT2D eigenvalue weighted by Crippen LogP contribution is -2.46. The van der Waals surface area contributed by atoms with Gasteiger partial charge in [0.2, 0.25) is 0 Å². The van der Waals surface area contributed by atoms with Crippen molar-refractivity contribution in [2.75, 3.05) is 21.3 Å². The average Bonchev–Trinajstić information content (AvgIpc) is 2.64. The maximum absolute atomic E-state index is 12.5. The molecule has 1 atom stereocenters. The number of esters is 1. The second-order valence-electron chi connectivity index (χ2n) is 5.83. The lowest BCUT2D eigenvalue weighted by Gasteiger charge is -2.34. The molecule has 3 rings (SSSR count). The van der Waals surface area contributed by atoms with Crippen molar-refractivity contribution in [1.29, 1.82) is 0 Å². The molecule has 1 aliphatic rings. The highest BCUT2D eigenvalue weighted by molar-refractivity contribution is 5.98. The van der Waals surface area contributed by atoms with Gasteiger partial charge < -0.3 is 19.7 Å². The smallest absolute Gasteiger partial charge is 0.337 e. The minimum atomic E-state index is -0.655. The van der Waals surface area contributed by atoms with Crippen LogP contribution in [0.3, 0.4) is 0 Å². The summed E-state index contributed by atoms with van der Waals surface area (Å²) in [6.07, 6.45) is 0. The van der Waals surface area contributed by atoms with E-state index in [0.717, 1.165) is 16.3 Å². The van der Waals surface area contributed by atoms with Crippen LogP contribution in [-0.2, 0) is 9.53 Å². The monoisotopic (exact) mass is 340 g/mol. The predicted octanol–water partition coefficient (Wildman–Crippen LogP) is 2.99. The summed E-state index contributed by atoms with van der Waals surface area (Å²) in [5, 5.41) is 4.80. The van der Waals surface area contributed by atoms with E-state index in [1.54, 1.807) is 21.1 Å². The summed E-state index contributed by atoms with van der Waals surface area (Å²) in [5.74, 6) is 0.118. The molecule has 1 N–H and O–H groups in total. The van der Waals surface area contributed by atoms with Gasteiger partial charge in [-0.3, -0.25) is 0 Å². The molecule has 0 saturated heterocycles. The van der Waals surface area contributed by atoms with E-state index in [2.05, 4.69) is 5.32 Å². The lowest BCUT2D eigenvalue weighted by molar-refractivity contribution is -0.136. The van der Waals surface area contributed by atoms with E-state index in [4.69, 9.17) is 9.47 Å². The van der Waals surface area contributed by atoms with Gasteiger partial charge in [-0.1, -0.05) is 30.3 Å². The Hall–Kier alpha value is -3.02. The van der Waals surface area contributed by atoms with Gasteiger partial charge in [-0.05, 0) is 23.8 Å². The second-order valence-corrected chi connectivity index (χ2v) is 5.83. The maximum Gasteiger partial charge on any atom is 0.337 e. The summed E-state index contributed by atoms with van der Waals surface area (Å²) < 4.78 is 10.5. The van der Waals surface area contributed by atoms with Gasteiger partial charge in [0.25, 0.3) is 0 Å². The first kappa shape index (κ1) is 16.8. The van der Waals surface area contributed by atoms with Crippen molar-refractivity contribution in [2.24, 2.45) is 0 Å². The van der Waals surface area contributed by atoms with Gasteiger partial charge in [-0.2, -0.15) is 0 Å². The van der Waals surface area contributed by atoms with E-state index in [1.165, 1.54) is 12.0 Å². The number of urea groups is 1. The van der Waals surface area contributed by atoms with Crippen LogP contribution in [0.4, 0.5) is 4.79 Å². The van der Waals surface area contributed by atoms with Gasteiger partial charge in [-0.25, -0.2) is 9.59 Å². The highest BCUT2D eigenvalue weighted by Gasteiger charge is 2.37. The quantitative estimate of drug-likeness (QED) is 0.872. The molecule has 0 spiro atoms. The van der Waals surface area contributed by atoms with Crippen LogP contribution in [0.2, 0.25) is 0 Å². The molecule has 2 aromatic carbocycles. The van der Waals surface area contributed by atoms with Crippen LogP contribution in [0, 0.1) is 0 Å². The Labute approximate surface area is 146 Å². The fourth-order valence-corrected chi connectivity index (χ4v) is 3.18. The van der Waals surface area contributed by atoms with Crippen molar-refractivity contribution in [3.8, 4) is 5.75 Å². The zero-order valence-corrected chi connectivity index (χ0v) is 14.6. The highest BCUT2D eigenvalue weighted by atomic mass is 16.5. The third kappa shape index (κ3) is 2.69. The summed E-state index contributed by atoms with van der Waals surface area (Å²) in [4.78, 5) is 26.2. The lowest BCUT2D eigenvalue weighted by atomic mass is 9.90. The Morgan fingerprint density at radius 3 is 2.56 bits per heavy atom. The number of methoxy groups -OCH3 is 2. The third-order valence-corrected chi connectivity index (χ3v) is 4.60. The van der Waals surface area contributed by atoms with Gasteiger partial charge in [0, 0.05) is 18.3 Å². The molecule has 0 unspecified atom stereocenters. The van der Waals surface area contributed by atoms with Crippen LogP contribution in [0.15, 0.2) is 47.7 Å². The molecule has 0 radical (unpaired) electrons. The number of amides is 2. The minimum Gasteiger partial charge on any atom is -0.496 e. The molecular weight excluding hydrogens is 320 g/mol. The van der Waals surface area contributed by atoms with Crippen molar-refractivity contribution >= 4 is 22.8 Å². The molecule has 0 saturated carbocycles. The predicted molar refractivity (Wildman–Crippen MR) is 94.3 cm³/mol. The van der Waals surface area contributed by atoms with E-state index in [0.29, 0.717) is 17.0 Å². The zero-order valence-electron chi connectivity index (χ0n) is 14.6.